The molecule has 5 nitrogen and oxygen atoms in total. The van der Waals surface area contributed by atoms with Gasteiger partial charge in [-0.3, -0.25) is 0 Å². The average Bonchev–Trinajstić information content (AvgIpc) is 2.48. The molecule has 1 aromatic carbocycles. The molecule has 0 spiro atoms. The number of benzene rings is 1. The summed E-state index contributed by atoms with van der Waals surface area (Å²) in [5.74, 6) is -0.929. The Bertz CT molecular complexity index is 471. The van der Waals surface area contributed by atoms with Crippen molar-refractivity contribution in [3.05, 3.63) is 35.4 Å². The summed E-state index contributed by atoms with van der Waals surface area (Å²) in [6, 6.07) is 6.90. The molecule has 0 radical (unpaired) electrons. The van der Waals surface area contributed by atoms with Gasteiger partial charge >= 0.3 is 12.0 Å². The fourth-order valence-electron chi connectivity index (χ4n) is 2.11. The smallest absolute Gasteiger partial charge is 0.335 e. The third kappa shape index (κ3) is 5.10. The van der Waals surface area contributed by atoms with E-state index in [2.05, 4.69) is 12.2 Å². The van der Waals surface area contributed by atoms with Crippen LogP contribution < -0.4 is 5.32 Å². The van der Waals surface area contributed by atoms with Crippen LogP contribution in [0.1, 0.15) is 43.1 Å². The molecule has 21 heavy (non-hydrogen) atoms. The molecule has 2 N–H and O–H groups in total. The number of nitrogens with zero attached hydrogens (tertiary/aromatic N) is 1. The third-order valence-corrected chi connectivity index (χ3v) is 3.62. The van der Waals surface area contributed by atoms with Crippen molar-refractivity contribution in [3.63, 3.8) is 0 Å². The Hall–Kier alpha value is -2.04. The Morgan fingerprint density at radius 2 is 1.86 bits per heavy atom. The number of urea groups is 1. The van der Waals surface area contributed by atoms with E-state index in [1.165, 1.54) is 0 Å². The van der Waals surface area contributed by atoms with Crippen LogP contribution in [0.3, 0.4) is 0 Å². The molecule has 1 rings (SSSR count). The topological polar surface area (TPSA) is 69.6 Å². The summed E-state index contributed by atoms with van der Waals surface area (Å²) in [5.41, 5.74) is 1.28. The highest BCUT2D eigenvalue weighted by molar-refractivity contribution is 5.87. The summed E-state index contributed by atoms with van der Waals surface area (Å²) < 4.78 is 0. The van der Waals surface area contributed by atoms with Crippen LogP contribution in [0.2, 0.25) is 0 Å². The first-order chi connectivity index (χ1) is 9.99. The van der Waals surface area contributed by atoms with Gasteiger partial charge in [0.25, 0.3) is 0 Å². The highest BCUT2D eigenvalue weighted by Gasteiger charge is 2.15. The lowest BCUT2D eigenvalue weighted by atomic mass is 10.1. The van der Waals surface area contributed by atoms with Crippen LogP contribution in [0, 0.1) is 0 Å². The number of carbonyl (C=O) groups excluding carboxylic acids is 1. The van der Waals surface area contributed by atoms with E-state index in [0.717, 1.165) is 12.0 Å². The van der Waals surface area contributed by atoms with Crippen LogP contribution in [0.4, 0.5) is 4.79 Å². The molecular formula is C16H24N2O3. The van der Waals surface area contributed by atoms with Crippen molar-refractivity contribution < 1.29 is 14.7 Å². The number of aromatic carboxylic acids is 1. The first-order valence-corrected chi connectivity index (χ1v) is 7.36. The standard InChI is InChI=1S/C16H24N2O3/c1-4-12(3)18(5-2)16(21)17-11-10-13-6-8-14(9-7-13)15(19)20/h6-9,12H,4-5,10-11H2,1-3H3,(H,17,21)(H,19,20). The van der Waals surface area contributed by atoms with E-state index in [1.54, 1.807) is 24.3 Å². The Kier molecular flexibility index (Phi) is 6.72. The molecule has 0 bridgehead atoms. The number of carboxylic acid groups (broad SMARTS) is 1. The molecule has 0 heterocycles. The molecule has 0 aliphatic heterocycles. The zero-order valence-corrected chi connectivity index (χ0v) is 12.9. The second-order valence-electron chi connectivity index (χ2n) is 5.03. The number of carboxylic acids is 1. The summed E-state index contributed by atoms with van der Waals surface area (Å²) in [4.78, 5) is 24.6. The highest BCUT2D eigenvalue weighted by atomic mass is 16.4. The van der Waals surface area contributed by atoms with E-state index in [0.29, 0.717) is 19.5 Å². The minimum Gasteiger partial charge on any atom is -0.478 e. The maximum Gasteiger partial charge on any atom is 0.335 e. The normalized spacial score (nSPS) is 11.8. The molecule has 2 amide bonds. The van der Waals surface area contributed by atoms with Crippen molar-refractivity contribution >= 4 is 12.0 Å². The van der Waals surface area contributed by atoms with Gasteiger partial charge in [-0.15, -0.1) is 0 Å². The first kappa shape index (κ1) is 17.0. The molecule has 0 aliphatic rings. The predicted octanol–water partition coefficient (Wildman–Crippen LogP) is 2.76. The molecule has 1 unspecified atom stereocenters. The van der Waals surface area contributed by atoms with Crippen molar-refractivity contribution in [2.75, 3.05) is 13.1 Å². The first-order valence-electron chi connectivity index (χ1n) is 7.36. The maximum absolute atomic E-state index is 12.0. The van der Waals surface area contributed by atoms with Crippen molar-refractivity contribution in [3.8, 4) is 0 Å². The Balaban J connectivity index is 2.45. The summed E-state index contributed by atoms with van der Waals surface area (Å²) in [6.07, 6.45) is 1.61. The lowest BCUT2D eigenvalue weighted by molar-refractivity contribution is 0.0697. The van der Waals surface area contributed by atoms with E-state index < -0.39 is 5.97 Å². The lowest BCUT2D eigenvalue weighted by Gasteiger charge is -2.27. The molecule has 1 aromatic rings. The highest BCUT2D eigenvalue weighted by Crippen LogP contribution is 2.06. The fourth-order valence-corrected chi connectivity index (χ4v) is 2.11. The van der Waals surface area contributed by atoms with Crippen LogP contribution in [-0.2, 0) is 6.42 Å². The number of hydrogen-bond acceptors (Lipinski definition) is 2. The average molecular weight is 292 g/mol. The van der Waals surface area contributed by atoms with Crippen LogP contribution in [0.5, 0.6) is 0 Å². The van der Waals surface area contributed by atoms with Crippen LogP contribution >= 0.6 is 0 Å². The fraction of sp³-hybridized carbons (Fsp3) is 0.500. The van der Waals surface area contributed by atoms with Crippen molar-refractivity contribution in [1.29, 1.82) is 0 Å². The number of rotatable bonds is 7. The largest absolute Gasteiger partial charge is 0.478 e. The van der Waals surface area contributed by atoms with E-state index in [1.807, 2.05) is 18.7 Å². The zero-order chi connectivity index (χ0) is 15.8. The van der Waals surface area contributed by atoms with Crippen LogP contribution in [0.15, 0.2) is 24.3 Å². The molecule has 116 valence electrons. The van der Waals surface area contributed by atoms with Crippen molar-refractivity contribution in [1.82, 2.24) is 10.2 Å². The predicted molar refractivity (Wildman–Crippen MR) is 82.6 cm³/mol. The van der Waals surface area contributed by atoms with Gasteiger partial charge in [-0.25, -0.2) is 9.59 Å². The molecule has 5 heteroatoms. The van der Waals surface area contributed by atoms with Gasteiger partial charge in [0.05, 0.1) is 5.56 Å². The summed E-state index contributed by atoms with van der Waals surface area (Å²) in [5, 5.41) is 11.7. The summed E-state index contributed by atoms with van der Waals surface area (Å²) in [6.45, 7) is 7.29. The van der Waals surface area contributed by atoms with Crippen molar-refractivity contribution in [2.45, 2.75) is 39.7 Å². The lowest BCUT2D eigenvalue weighted by Crippen LogP contribution is -2.45. The van der Waals surface area contributed by atoms with Gasteiger partial charge in [0.2, 0.25) is 0 Å². The van der Waals surface area contributed by atoms with Crippen molar-refractivity contribution in [2.24, 2.45) is 0 Å². The van der Waals surface area contributed by atoms with E-state index in [4.69, 9.17) is 5.11 Å². The summed E-state index contributed by atoms with van der Waals surface area (Å²) >= 11 is 0. The number of amides is 2. The van der Waals surface area contributed by atoms with Gasteiger partial charge in [-0.1, -0.05) is 19.1 Å². The maximum atomic E-state index is 12.0. The summed E-state index contributed by atoms with van der Waals surface area (Å²) in [7, 11) is 0. The number of carbonyl (C=O) groups is 2. The van der Waals surface area contributed by atoms with Crippen LogP contribution in [0.25, 0.3) is 0 Å². The molecule has 0 aliphatic carbocycles. The Labute approximate surface area is 126 Å². The Morgan fingerprint density at radius 1 is 1.24 bits per heavy atom. The minimum absolute atomic E-state index is 0.0472. The van der Waals surface area contributed by atoms with Gasteiger partial charge in [-0.05, 0) is 44.4 Å². The molecule has 0 aromatic heterocycles. The van der Waals surface area contributed by atoms with Gasteiger partial charge in [-0.2, -0.15) is 0 Å². The second-order valence-corrected chi connectivity index (χ2v) is 5.03. The molecule has 1 atom stereocenters. The van der Waals surface area contributed by atoms with Gasteiger partial charge in [0.15, 0.2) is 0 Å². The third-order valence-electron chi connectivity index (χ3n) is 3.62. The van der Waals surface area contributed by atoms with Gasteiger partial charge in [0, 0.05) is 19.1 Å². The van der Waals surface area contributed by atoms with Gasteiger partial charge in [0.1, 0.15) is 0 Å². The quantitative estimate of drug-likeness (QED) is 0.812. The molecule has 0 fully saturated rings. The molecular weight excluding hydrogens is 268 g/mol. The van der Waals surface area contributed by atoms with Gasteiger partial charge < -0.3 is 15.3 Å². The van der Waals surface area contributed by atoms with E-state index >= 15 is 0 Å². The Morgan fingerprint density at radius 3 is 2.33 bits per heavy atom. The minimum atomic E-state index is -0.929. The van der Waals surface area contributed by atoms with E-state index in [9.17, 15) is 9.59 Å². The number of hydrogen-bond donors (Lipinski definition) is 2. The van der Waals surface area contributed by atoms with Crippen LogP contribution in [-0.4, -0.2) is 41.1 Å². The molecule has 0 saturated carbocycles. The van der Waals surface area contributed by atoms with E-state index in [-0.39, 0.29) is 17.6 Å². The number of nitrogens with one attached hydrogen (secondary N) is 1. The second kappa shape index (κ2) is 8.29. The SMILES string of the molecule is CCC(C)N(CC)C(=O)NCCc1ccc(C(=O)O)cc1. The molecule has 0 saturated heterocycles. The zero-order valence-electron chi connectivity index (χ0n) is 12.9. The monoisotopic (exact) mass is 292 g/mol.